The second-order valence-electron chi connectivity index (χ2n) is 5.66. The normalized spacial score (nSPS) is 22.3. The second kappa shape index (κ2) is 4.16. The molecule has 2 heteroatoms. The highest BCUT2D eigenvalue weighted by Gasteiger charge is 2.44. The molecule has 1 aliphatic heterocycles. The molecule has 0 N–H and O–H groups in total. The van der Waals surface area contributed by atoms with Crippen molar-refractivity contribution >= 4 is 0 Å². The van der Waals surface area contributed by atoms with Gasteiger partial charge in [0.2, 0.25) is 0 Å². The van der Waals surface area contributed by atoms with E-state index in [1.165, 1.54) is 44.3 Å². The minimum absolute atomic E-state index is 0.687. The molecule has 17 heavy (non-hydrogen) atoms. The van der Waals surface area contributed by atoms with Crippen molar-refractivity contribution in [1.29, 1.82) is 5.26 Å². The Hall–Kier alpha value is -1.33. The van der Waals surface area contributed by atoms with Crippen LogP contribution in [0, 0.1) is 16.7 Å². The fraction of sp³-hybridized carbons (Fsp3) is 0.533. The van der Waals surface area contributed by atoms with Gasteiger partial charge in [-0.2, -0.15) is 5.26 Å². The Morgan fingerprint density at radius 2 is 1.76 bits per heavy atom. The molecule has 1 aromatic rings. The van der Waals surface area contributed by atoms with Crippen LogP contribution in [0.1, 0.15) is 36.8 Å². The van der Waals surface area contributed by atoms with Gasteiger partial charge < -0.3 is 0 Å². The molecule has 88 valence electrons. The summed E-state index contributed by atoms with van der Waals surface area (Å²) in [5, 5.41) is 8.75. The van der Waals surface area contributed by atoms with E-state index in [0.717, 1.165) is 12.1 Å². The molecule has 0 unspecified atom stereocenters. The molecule has 2 nitrogen and oxygen atoms in total. The Balaban J connectivity index is 1.56. The highest BCUT2D eigenvalue weighted by Crippen LogP contribution is 2.45. The summed E-state index contributed by atoms with van der Waals surface area (Å²) < 4.78 is 0. The number of hydrogen-bond donors (Lipinski definition) is 0. The fourth-order valence-electron chi connectivity index (χ4n) is 3.40. The summed E-state index contributed by atoms with van der Waals surface area (Å²) in [7, 11) is 0. The van der Waals surface area contributed by atoms with Gasteiger partial charge in [-0.25, -0.2) is 0 Å². The lowest BCUT2D eigenvalue weighted by atomic mass is 9.78. The van der Waals surface area contributed by atoms with E-state index in [-0.39, 0.29) is 0 Å². The molecule has 1 saturated carbocycles. The number of nitriles is 1. The minimum Gasteiger partial charge on any atom is -0.298 e. The van der Waals surface area contributed by atoms with Gasteiger partial charge in [-0.15, -0.1) is 0 Å². The Bertz CT molecular complexity index is 427. The predicted molar refractivity (Wildman–Crippen MR) is 67.3 cm³/mol. The van der Waals surface area contributed by atoms with E-state index in [0.29, 0.717) is 5.41 Å². The monoisotopic (exact) mass is 226 g/mol. The maximum absolute atomic E-state index is 8.75. The van der Waals surface area contributed by atoms with Crippen LogP contribution in [-0.4, -0.2) is 18.0 Å². The average molecular weight is 226 g/mol. The van der Waals surface area contributed by atoms with Crippen molar-refractivity contribution < 1.29 is 0 Å². The van der Waals surface area contributed by atoms with Crippen LogP contribution in [0.15, 0.2) is 24.3 Å². The van der Waals surface area contributed by atoms with Crippen LogP contribution in [0.25, 0.3) is 0 Å². The van der Waals surface area contributed by atoms with Crippen LogP contribution in [0.3, 0.4) is 0 Å². The van der Waals surface area contributed by atoms with E-state index >= 15 is 0 Å². The van der Waals surface area contributed by atoms with E-state index in [1.54, 1.807) is 0 Å². The van der Waals surface area contributed by atoms with E-state index in [4.69, 9.17) is 5.26 Å². The quantitative estimate of drug-likeness (QED) is 0.775. The summed E-state index contributed by atoms with van der Waals surface area (Å²) in [6, 6.07) is 10.2. The summed E-state index contributed by atoms with van der Waals surface area (Å²) in [4.78, 5) is 2.53. The van der Waals surface area contributed by atoms with Gasteiger partial charge in [0.1, 0.15) is 0 Å². The summed E-state index contributed by atoms with van der Waals surface area (Å²) in [6.45, 7) is 3.62. The summed E-state index contributed by atoms with van der Waals surface area (Å²) >= 11 is 0. The molecule has 1 spiro atoms. The van der Waals surface area contributed by atoms with Gasteiger partial charge in [0.15, 0.2) is 0 Å². The average Bonchev–Trinajstić information content (AvgIpc) is 2.79. The van der Waals surface area contributed by atoms with Crippen LogP contribution in [0.5, 0.6) is 0 Å². The molecule has 0 radical (unpaired) electrons. The van der Waals surface area contributed by atoms with Gasteiger partial charge in [0.05, 0.1) is 11.6 Å². The Kier molecular flexibility index (Phi) is 2.64. The smallest absolute Gasteiger partial charge is 0.0991 e. The predicted octanol–water partition coefficient (Wildman–Crippen LogP) is 2.93. The van der Waals surface area contributed by atoms with Crippen LogP contribution in [0.4, 0.5) is 0 Å². The Labute approximate surface area is 103 Å². The highest BCUT2D eigenvalue weighted by molar-refractivity contribution is 5.31. The molecule has 1 aromatic carbocycles. The lowest BCUT2D eigenvalue weighted by Gasteiger charge is -2.48. The number of benzene rings is 1. The Morgan fingerprint density at radius 1 is 1.12 bits per heavy atom. The van der Waals surface area contributed by atoms with E-state index in [9.17, 15) is 0 Å². The van der Waals surface area contributed by atoms with Crippen molar-refractivity contribution in [2.75, 3.05) is 13.1 Å². The molecule has 1 aliphatic carbocycles. The van der Waals surface area contributed by atoms with Crippen LogP contribution in [0.2, 0.25) is 0 Å². The van der Waals surface area contributed by atoms with Gasteiger partial charge in [0, 0.05) is 19.6 Å². The molecule has 0 bridgehead atoms. The minimum atomic E-state index is 0.687. The summed E-state index contributed by atoms with van der Waals surface area (Å²) in [5.74, 6) is 0. The molecule has 0 atom stereocenters. The maximum atomic E-state index is 8.75. The first-order valence-corrected chi connectivity index (χ1v) is 6.51. The maximum Gasteiger partial charge on any atom is 0.0991 e. The third-order valence-electron chi connectivity index (χ3n) is 4.27. The molecular formula is C15H18N2. The first-order valence-electron chi connectivity index (χ1n) is 6.51. The van der Waals surface area contributed by atoms with Crippen molar-refractivity contribution in [1.82, 2.24) is 4.90 Å². The van der Waals surface area contributed by atoms with Crippen LogP contribution < -0.4 is 0 Å². The van der Waals surface area contributed by atoms with Crippen LogP contribution >= 0.6 is 0 Å². The van der Waals surface area contributed by atoms with Crippen molar-refractivity contribution in [3.8, 4) is 6.07 Å². The van der Waals surface area contributed by atoms with Crippen molar-refractivity contribution in [2.24, 2.45) is 5.41 Å². The zero-order chi connectivity index (χ0) is 11.7. The van der Waals surface area contributed by atoms with Gasteiger partial charge in [0.25, 0.3) is 0 Å². The largest absolute Gasteiger partial charge is 0.298 e. The molecular weight excluding hydrogens is 208 g/mol. The van der Waals surface area contributed by atoms with Gasteiger partial charge >= 0.3 is 0 Å². The first-order chi connectivity index (χ1) is 8.30. The second-order valence-corrected chi connectivity index (χ2v) is 5.66. The first kappa shape index (κ1) is 10.8. The third kappa shape index (κ3) is 2.08. The number of nitrogens with zero attached hydrogens (tertiary/aromatic N) is 2. The highest BCUT2D eigenvalue weighted by atomic mass is 15.2. The van der Waals surface area contributed by atoms with E-state index in [1.807, 2.05) is 12.1 Å². The molecule has 0 aromatic heterocycles. The molecule has 2 fully saturated rings. The topological polar surface area (TPSA) is 27.0 Å². The number of hydrogen-bond acceptors (Lipinski definition) is 2. The van der Waals surface area contributed by atoms with E-state index < -0.39 is 0 Å². The zero-order valence-electron chi connectivity index (χ0n) is 10.2. The van der Waals surface area contributed by atoms with Gasteiger partial charge in [-0.1, -0.05) is 25.0 Å². The number of likely N-dealkylation sites (tertiary alicyclic amines) is 1. The van der Waals surface area contributed by atoms with Crippen LogP contribution in [-0.2, 0) is 6.54 Å². The molecule has 1 saturated heterocycles. The summed E-state index contributed by atoms with van der Waals surface area (Å²) in [5.41, 5.74) is 2.77. The third-order valence-corrected chi connectivity index (χ3v) is 4.27. The molecule has 0 amide bonds. The lowest BCUT2D eigenvalue weighted by molar-refractivity contribution is -0.000247. The standard InChI is InChI=1S/C15H18N2/c16-9-13-3-5-14(6-4-13)10-17-11-15(12-17)7-1-2-8-15/h3-6H,1-2,7-8,10-12H2. The fourth-order valence-corrected chi connectivity index (χ4v) is 3.40. The van der Waals surface area contributed by atoms with Crippen molar-refractivity contribution in [2.45, 2.75) is 32.2 Å². The molecule has 2 aliphatic rings. The van der Waals surface area contributed by atoms with Gasteiger partial charge in [-0.3, -0.25) is 4.90 Å². The number of rotatable bonds is 2. The van der Waals surface area contributed by atoms with E-state index in [2.05, 4.69) is 23.1 Å². The lowest BCUT2D eigenvalue weighted by Crippen LogP contribution is -2.54. The Morgan fingerprint density at radius 3 is 2.35 bits per heavy atom. The van der Waals surface area contributed by atoms with Crippen molar-refractivity contribution in [3.63, 3.8) is 0 Å². The SMILES string of the molecule is N#Cc1ccc(CN2CC3(CCCC3)C2)cc1. The zero-order valence-corrected chi connectivity index (χ0v) is 10.2. The molecule has 1 heterocycles. The molecule has 3 rings (SSSR count). The summed E-state index contributed by atoms with van der Waals surface area (Å²) in [6.07, 6.45) is 5.75. The van der Waals surface area contributed by atoms with Gasteiger partial charge in [-0.05, 0) is 36.0 Å². The van der Waals surface area contributed by atoms with Crippen molar-refractivity contribution in [3.05, 3.63) is 35.4 Å².